The lowest BCUT2D eigenvalue weighted by molar-refractivity contribution is 1.15. The summed E-state index contributed by atoms with van der Waals surface area (Å²) in [6.07, 6.45) is 10.9. The van der Waals surface area contributed by atoms with Crippen molar-refractivity contribution < 1.29 is 0 Å². The zero-order chi connectivity index (χ0) is 19.0. The van der Waals surface area contributed by atoms with Crippen molar-refractivity contribution in [3.05, 3.63) is 96.6 Å². The second-order valence-electron chi connectivity index (χ2n) is 5.91. The molecule has 0 unspecified atom stereocenters. The minimum absolute atomic E-state index is 0.514. The number of hydrogen-bond donors (Lipinski definition) is 2. The Morgan fingerprint density at radius 1 is 0.571 bits per heavy atom. The first-order valence-electron chi connectivity index (χ1n) is 8.83. The zero-order valence-electron chi connectivity index (χ0n) is 15.0. The van der Waals surface area contributed by atoms with Crippen LogP contribution in [-0.4, -0.2) is 19.9 Å². The third-order valence-corrected chi connectivity index (χ3v) is 3.97. The van der Waals surface area contributed by atoms with Crippen LogP contribution >= 0.6 is 0 Å². The van der Waals surface area contributed by atoms with Gasteiger partial charge in [-0.1, -0.05) is 54.6 Å². The maximum Gasteiger partial charge on any atom is 0.227 e. The molecular weight excluding hydrogens is 348 g/mol. The van der Waals surface area contributed by atoms with Gasteiger partial charge in [0.05, 0.1) is 11.4 Å². The van der Waals surface area contributed by atoms with Crippen LogP contribution < -0.4 is 10.6 Å². The lowest BCUT2D eigenvalue weighted by Gasteiger charge is -2.15. The van der Waals surface area contributed by atoms with E-state index in [9.17, 15) is 0 Å². The molecule has 6 heteroatoms. The lowest BCUT2D eigenvalue weighted by atomic mass is 10.1. The Hall–Kier alpha value is -4.06. The molecule has 0 spiro atoms. The van der Waals surface area contributed by atoms with E-state index in [0.717, 1.165) is 22.5 Å². The average molecular weight is 366 g/mol. The van der Waals surface area contributed by atoms with Gasteiger partial charge < -0.3 is 10.6 Å². The monoisotopic (exact) mass is 366 g/mol. The summed E-state index contributed by atoms with van der Waals surface area (Å²) in [5.74, 6) is 1.03. The first-order valence-corrected chi connectivity index (χ1v) is 8.83. The Labute approximate surface area is 163 Å². The number of rotatable bonds is 6. The molecule has 0 radical (unpaired) electrons. The number of aromatic nitrogens is 4. The molecule has 0 amide bonds. The maximum absolute atomic E-state index is 4.28. The van der Waals surface area contributed by atoms with Gasteiger partial charge in [-0.25, -0.2) is 19.9 Å². The van der Waals surface area contributed by atoms with Crippen LogP contribution in [0.5, 0.6) is 0 Å². The van der Waals surface area contributed by atoms with Gasteiger partial charge in [0.2, 0.25) is 11.9 Å². The van der Waals surface area contributed by atoms with Crippen molar-refractivity contribution in [3.63, 3.8) is 0 Å². The highest BCUT2D eigenvalue weighted by Crippen LogP contribution is 2.31. The van der Waals surface area contributed by atoms with Crippen LogP contribution in [0.4, 0.5) is 23.3 Å². The van der Waals surface area contributed by atoms with Crippen LogP contribution in [0, 0.1) is 0 Å². The van der Waals surface area contributed by atoms with E-state index in [-0.39, 0.29) is 0 Å². The molecule has 0 bridgehead atoms. The fourth-order valence-corrected chi connectivity index (χ4v) is 2.66. The highest BCUT2D eigenvalue weighted by atomic mass is 15.1. The second kappa shape index (κ2) is 8.55. The molecule has 6 nitrogen and oxygen atoms in total. The molecule has 0 aliphatic rings. The Balaban J connectivity index is 1.72. The van der Waals surface area contributed by atoms with Crippen LogP contribution in [0.2, 0.25) is 0 Å². The van der Waals surface area contributed by atoms with E-state index in [1.165, 1.54) is 0 Å². The van der Waals surface area contributed by atoms with Crippen LogP contribution in [-0.2, 0) is 0 Å². The molecule has 0 saturated carbocycles. The molecule has 0 saturated heterocycles. The van der Waals surface area contributed by atoms with Crippen LogP contribution in [0.25, 0.3) is 12.2 Å². The van der Waals surface area contributed by atoms with Crippen LogP contribution in [0.1, 0.15) is 11.1 Å². The average Bonchev–Trinajstić information content (AvgIpc) is 2.76. The fraction of sp³-hybridized carbons (Fsp3) is 0. The molecule has 0 aliphatic heterocycles. The molecule has 136 valence electrons. The molecule has 2 N–H and O–H groups in total. The summed E-state index contributed by atoms with van der Waals surface area (Å²) < 4.78 is 0. The molecule has 0 atom stereocenters. The Bertz CT molecular complexity index is 1050. The van der Waals surface area contributed by atoms with E-state index >= 15 is 0 Å². The third-order valence-electron chi connectivity index (χ3n) is 3.97. The van der Waals surface area contributed by atoms with Crippen molar-refractivity contribution in [3.8, 4) is 0 Å². The number of para-hydroxylation sites is 1. The predicted octanol–water partition coefficient (Wildman–Crippen LogP) is 4.92. The first kappa shape index (κ1) is 17.4. The Morgan fingerprint density at radius 2 is 1.21 bits per heavy atom. The van der Waals surface area contributed by atoms with Crippen LogP contribution in [0.15, 0.2) is 85.5 Å². The van der Waals surface area contributed by atoms with Gasteiger partial charge in [0.1, 0.15) is 0 Å². The molecule has 0 fully saturated rings. The van der Waals surface area contributed by atoms with Gasteiger partial charge in [0, 0.05) is 30.4 Å². The van der Waals surface area contributed by atoms with Gasteiger partial charge in [0.25, 0.3) is 0 Å². The van der Waals surface area contributed by atoms with Crippen molar-refractivity contribution in [2.45, 2.75) is 0 Å². The van der Waals surface area contributed by atoms with Crippen molar-refractivity contribution in [2.75, 3.05) is 10.6 Å². The highest BCUT2D eigenvalue weighted by Gasteiger charge is 2.10. The van der Waals surface area contributed by atoms with Gasteiger partial charge >= 0.3 is 0 Å². The number of anilines is 4. The molecule has 0 aliphatic carbocycles. The molecule has 4 rings (SSSR count). The number of hydrogen-bond acceptors (Lipinski definition) is 6. The quantitative estimate of drug-likeness (QED) is 0.472. The van der Waals surface area contributed by atoms with E-state index in [0.29, 0.717) is 11.9 Å². The van der Waals surface area contributed by atoms with Gasteiger partial charge in [-0.05, 0) is 23.8 Å². The summed E-state index contributed by atoms with van der Waals surface area (Å²) in [6.45, 7) is 0. The molecular formula is C22H18N6. The summed E-state index contributed by atoms with van der Waals surface area (Å²) >= 11 is 0. The molecule has 2 aromatic heterocycles. The molecule has 4 aromatic rings. The van der Waals surface area contributed by atoms with E-state index in [1.807, 2.05) is 36.4 Å². The summed E-state index contributed by atoms with van der Waals surface area (Å²) in [6, 6.07) is 19.7. The predicted molar refractivity (Wildman–Crippen MR) is 112 cm³/mol. The highest BCUT2D eigenvalue weighted by molar-refractivity contribution is 5.87. The number of nitrogens with zero attached hydrogens (tertiary/aromatic N) is 4. The Morgan fingerprint density at radius 3 is 1.89 bits per heavy atom. The SMILES string of the molecule is C(=Cc1cccc(Nc2ncccn2)c1Nc1ncccn1)c1ccccc1. The minimum Gasteiger partial charge on any atom is -0.322 e. The summed E-state index contributed by atoms with van der Waals surface area (Å²) in [7, 11) is 0. The van der Waals surface area contributed by atoms with Gasteiger partial charge in [-0.15, -0.1) is 0 Å². The summed E-state index contributed by atoms with van der Waals surface area (Å²) in [4.78, 5) is 17.0. The van der Waals surface area contributed by atoms with E-state index in [4.69, 9.17) is 0 Å². The summed E-state index contributed by atoms with van der Waals surface area (Å²) in [5.41, 5.74) is 3.77. The van der Waals surface area contributed by atoms with E-state index < -0.39 is 0 Å². The van der Waals surface area contributed by atoms with Gasteiger partial charge in [0.15, 0.2) is 0 Å². The largest absolute Gasteiger partial charge is 0.322 e. The zero-order valence-corrected chi connectivity index (χ0v) is 15.0. The third kappa shape index (κ3) is 4.37. The molecule has 28 heavy (non-hydrogen) atoms. The normalized spacial score (nSPS) is 10.7. The minimum atomic E-state index is 0.514. The smallest absolute Gasteiger partial charge is 0.227 e. The van der Waals surface area contributed by atoms with Crippen molar-refractivity contribution >= 4 is 35.4 Å². The number of nitrogens with one attached hydrogen (secondary N) is 2. The standard InChI is InChI=1S/C22H18N6/c1-2-7-17(8-3-1)11-12-18-9-4-10-19(27-21-23-13-5-14-24-21)20(18)28-22-25-15-6-16-26-22/h1-16H,(H,23,24,27)(H,25,26,28). The maximum atomic E-state index is 4.28. The molecule has 2 heterocycles. The topological polar surface area (TPSA) is 75.6 Å². The van der Waals surface area contributed by atoms with E-state index in [1.54, 1.807) is 36.9 Å². The van der Waals surface area contributed by atoms with E-state index in [2.05, 4.69) is 54.9 Å². The van der Waals surface area contributed by atoms with Crippen molar-refractivity contribution in [2.24, 2.45) is 0 Å². The Kier molecular flexibility index (Phi) is 5.30. The van der Waals surface area contributed by atoms with Gasteiger partial charge in [-0.2, -0.15) is 0 Å². The first-order chi connectivity index (χ1) is 13.9. The fourth-order valence-electron chi connectivity index (χ4n) is 2.66. The van der Waals surface area contributed by atoms with Gasteiger partial charge in [-0.3, -0.25) is 0 Å². The second-order valence-corrected chi connectivity index (χ2v) is 5.91. The van der Waals surface area contributed by atoms with Crippen molar-refractivity contribution in [1.29, 1.82) is 0 Å². The molecule has 2 aromatic carbocycles. The van der Waals surface area contributed by atoms with Crippen molar-refractivity contribution in [1.82, 2.24) is 19.9 Å². The summed E-state index contributed by atoms with van der Waals surface area (Å²) in [5, 5.41) is 6.56. The lowest BCUT2D eigenvalue weighted by Crippen LogP contribution is -2.03. The van der Waals surface area contributed by atoms with Crippen LogP contribution in [0.3, 0.4) is 0 Å². The number of benzene rings is 2.